The molecule has 3 N–H and O–H groups in total. The van der Waals surface area contributed by atoms with Gasteiger partial charge in [-0.1, -0.05) is 49.6 Å². The van der Waals surface area contributed by atoms with Crippen LogP contribution in [0.1, 0.15) is 37.7 Å². The molecule has 0 radical (unpaired) electrons. The minimum Gasteiger partial charge on any atom is -0.347 e. The fraction of sp³-hybridized carbons (Fsp3) is 0.667. The fourth-order valence-electron chi connectivity index (χ4n) is 3.35. The van der Waals surface area contributed by atoms with Gasteiger partial charge in [0, 0.05) is 13.1 Å². The third kappa shape index (κ3) is 5.24. The molecule has 0 spiro atoms. The van der Waals surface area contributed by atoms with Gasteiger partial charge in [-0.15, -0.1) is 0 Å². The molecule has 0 bridgehead atoms. The second-order valence-electron chi connectivity index (χ2n) is 6.53. The van der Waals surface area contributed by atoms with Crippen molar-refractivity contribution < 1.29 is 9.13 Å². The Bertz CT molecular complexity index is 453. The highest BCUT2D eigenvalue weighted by Gasteiger charge is 2.31. The largest absolute Gasteiger partial charge is 0.347 e. The molecular weight excluding hydrogens is 293 g/mol. The molecule has 5 heteroatoms. The molecule has 4 nitrogen and oxygen atoms in total. The van der Waals surface area contributed by atoms with E-state index >= 15 is 0 Å². The smallest absolute Gasteiger partial charge is 0.165 e. The highest BCUT2D eigenvalue weighted by Crippen LogP contribution is 2.21. The zero-order chi connectivity index (χ0) is 15.9. The highest BCUT2D eigenvalue weighted by atomic mass is 19.1. The summed E-state index contributed by atoms with van der Waals surface area (Å²) in [4.78, 5) is 0. The van der Waals surface area contributed by atoms with Crippen LogP contribution in [0.2, 0.25) is 0 Å². The van der Waals surface area contributed by atoms with Gasteiger partial charge >= 0.3 is 0 Å². The van der Waals surface area contributed by atoms with Crippen molar-refractivity contribution in [3.8, 4) is 0 Å². The van der Waals surface area contributed by atoms with Crippen LogP contribution in [0, 0.1) is 0 Å². The third-order valence-electron chi connectivity index (χ3n) is 4.69. The summed E-state index contributed by atoms with van der Waals surface area (Å²) in [5, 5.41) is 9.60. The molecule has 1 aliphatic heterocycles. The first-order valence-corrected chi connectivity index (χ1v) is 8.87. The lowest BCUT2D eigenvalue weighted by molar-refractivity contribution is -0.0901. The number of benzene rings is 1. The van der Waals surface area contributed by atoms with Crippen molar-refractivity contribution in [2.24, 2.45) is 0 Å². The first-order chi connectivity index (χ1) is 11.3. The van der Waals surface area contributed by atoms with Crippen LogP contribution >= 0.6 is 0 Å². The Morgan fingerprint density at radius 2 is 1.91 bits per heavy atom. The second-order valence-corrected chi connectivity index (χ2v) is 6.53. The van der Waals surface area contributed by atoms with Crippen molar-refractivity contribution in [2.45, 2.75) is 63.3 Å². The normalized spacial score (nSPS) is 29.5. The van der Waals surface area contributed by atoms with E-state index in [9.17, 15) is 4.39 Å². The molecule has 3 unspecified atom stereocenters. The summed E-state index contributed by atoms with van der Waals surface area (Å²) in [5.41, 5.74) is 1.26. The van der Waals surface area contributed by atoms with Gasteiger partial charge in [-0.3, -0.25) is 16.0 Å². The molecule has 1 aromatic rings. The average molecular weight is 321 g/mol. The maximum absolute atomic E-state index is 14.1. The molecule has 1 saturated heterocycles. The molecule has 1 saturated carbocycles. The lowest BCUT2D eigenvalue weighted by Gasteiger charge is -2.37. The highest BCUT2D eigenvalue weighted by molar-refractivity contribution is 5.14. The van der Waals surface area contributed by atoms with Crippen molar-refractivity contribution in [2.75, 3.05) is 13.1 Å². The van der Waals surface area contributed by atoms with Crippen LogP contribution in [0.4, 0.5) is 4.39 Å². The summed E-state index contributed by atoms with van der Waals surface area (Å²) < 4.78 is 20.1. The van der Waals surface area contributed by atoms with Crippen molar-refractivity contribution in [3.05, 3.63) is 35.9 Å². The van der Waals surface area contributed by atoms with Crippen molar-refractivity contribution in [1.29, 1.82) is 0 Å². The van der Waals surface area contributed by atoms with Crippen molar-refractivity contribution in [1.82, 2.24) is 16.0 Å². The van der Waals surface area contributed by atoms with Crippen LogP contribution in [0.15, 0.2) is 30.3 Å². The van der Waals surface area contributed by atoms with Gasteiger partial charge in [-0.25, -0.2) is 4.39 Å². The van der Waals surface area contributed by atoms with Crippen LogP contribution in [-0.4, -0.2) is 37.9 Å². The van der Waals surface area contributed by atoms with Crippen LogP contribution in [0.3, 0.4) is 0 Å². The van der Waals surface area contributed by atoms with Gasteiger partial charge in [0.2, 0.25) is 0 Å². The molecule has 1 aliphatic carbocycles. The molecular formula is C18H28FN3O. The Labute approximate surface area is 138 Å². The number of nitrogens with one attached hydrogen (secondary N) is 3. The predicted molar refractivity (Wildman–Crippen MR) is 89.7 cm³/mol. The number of halogens is 1. The summed E-state index contributed by atoms with van der Waals surface area (Å²) in [6, 6.07) is 10.3. The Hall–Kier alpha value is -1.01. The van der Waals surface area contributed by atoms with E-state index in [0.717, 1.165) is 25.8 Å². The number of rotatable bonds is 6. The Balaban J connectivity index is 1.42. The van der Waals surface area contributed by atoms with Gasteiger partial charge in [-0.05, 0) is 24.8 Å². The topological polar surface area (TPSA) is 45.3 Å². The van der Waals surface area contributed by atoms with Crippen molar-refractivity contribution in [3.63, 3.8) is 0 Å². The van der Waals surface area contributed by atoms with Gasteiger partial charge in [-0.2, -0.15) is 0 Å². The van der Waals surface area contributed by atoms with Gasteiger partial charge in [0.05, 0.1) is 12.3 Å². The molecule has 1 heterocycles. The third-order valence-corrected chi connectivity index (χ3v) is 4.69. The lowest BCUT2D eigenvalue weighted by Crippen LogP contribution is -2.66. The van der Waals surface area contributed by atoms with E-state index in [0.29, 0.717) is 12.6 Å². The number of hydrogen-bond acceptors (Lipinski definition) is 4. The van der Waals surface area contributed by atoms with E-state index in [1.54, 1.807) is 0 Å². The molecule has 1 aromatic carbocycles. The molecule has 0 amide bonds. The number of ether oxygens (including phenoxy) is 1. The number of alkyl halides is 1. The van der Waals surface area contributed by atoms with Crippen LogP contribution < -0.4 is 16.0 Å². The Kier molecular flexibility index (Phi) is 6.39. The van der Waals surface area contributed by atoms with E-state index in [1.807, 2.05) is 18.2 Å². The van der Waals surface area contributed by atoms with Crippen LogP contribution in [-0.2, 0) is 11.2 Å². The minimum atomic E-state index is -0.947. The lowest BCUT2D eigenvalue weighted by atomic mass is 9.98. The molecule has 2 fully saturated rings. The van der Waals surface area contributed by atoms with E-state index in [4.69, 9.17) is 4.74 Å². The monoisotopic (exact) mass is 321 g/mol. The van der Waals surface area contributed by atoms with Gasteiger partial charge < -0.3 is 4.74 Å². The molecule has 128 valence electrons. The first kappa shape index (κ1) is 16.8. The fourth-order valence-corrected chi connectivity index (χ4v) is 3.35. The zero-order valence-electron chi connectivity index (χ0n) is 13.6. The first-order valence-electron chi connectivity index (χ1n) is 8.87. The molecule has 3 rings (SSSR count). The van der Waals surface area contributed by atoms with E-state index in [2.05, 4.69) is 28.1 Å². The van der Waals surface area contributed by atoms with Gasteiger partial charge in [0.1, 0.15) is 6.17 Å². The summed E-state index contributed by atoms with van der Waals surface area (Å²) >= 11 is 0. The summed E-state index contributed by atoms with van der Waals surface area (Å²) in [6.07, 6.45) is 5.66. The zero-order valence-corrected chi connectivity index (χ0v) is 13.6. The molecule has 2 aliphatic rings. The summed E-state index contributed by atoms with van der Waals surface area (Å²) in [5.74, 6) is 0. The van der Waals surface area contributed by atoms with E-state index < -0.39 is 6.17 Å². The predicted octanol–water partition coefficient (Wildman–Crippen LogP) is 2.31. The van der Waals surface area contributed by atoms with Crippen molar-refractivity contribution >= 4 is 0 Å². The average Bonchev–Trinajstić information content (AvgIpc) is 2.59. The summed E-state index contributed by atoms with van der Waals surface area (Å²) in [7, 11) is 0. The standard InChI is InChI=1S/C18H28FN3O/c19-16-13-21-18(23-15-9-5-2-6-10-15)22-17(16)20-12-11-14-7-3-1-4-8-14/h1,3-4,7-8,15-18,20-22H,2,5-6,9-13H2. The maximum Gasteiger partial charge on any atom is 0.165 e. The molecule has 3 atom stereocenters. The Morgan fingerprint density at radius 3 is 2.70 bits per heavy atom. The minimum absolute atomic E-state index is 0.251. The second kappa shape index (κ2) is 8.73. The van der Waals surface area contributed by atoms with Gasteiger partial charge in [0.25, 0.3) is 0 Å². The summed E-state index contributed by atoms with van der Waals surface area (Å²) in [6.45, 7) is 1.08. The molecule has 23 heavy (non-hydrogen) atoms. The van der Waals surface area contributed by atoms with E-state index in [-0.39, 0.29) is 12.5 Å². The molecule has 0 aromatic heterocycles. The Morgan fingerprint density at radius 1 is 1.13 bits per heavy atom. The van der Waals surface area contributed by atoms with E-state index in [1.165, 1.54) is 24.8 Å². The van der Waals surface area contributed by atoms with Gasteiger partial charge in [0.15, 0.2) is 6.35 Å². The SMILES string of the molecule is FC1CNC(OC2CCCCC2)NC1NCCc1ccccc1. The number of hydrogen-bond donors (Lipinski definition) is 3. The van der Waals surface area contributed by atoms with Crippen LogP contribution in [0.5, 0.6) is 0 Å². The van der Waals surface area contributed by atoms with Crippen LogP contribution in [0.25, 0.3) is 0 Å². The quantitative estimate of drug-likeness (QED) is 0.752. The maximum atomic E-state index is 14.1.